The number of hydrogen-bond donors (Lipinski definition) is 1. The van der Waals surface area contributed by atoms with Crippen molar-refractivity contribution < 1.29 is 18.8 Å². The molecule has 7 heteroatoms. The lowest BCUT2D eigenvalue weighted by Crippen LogP contribution is -2.23. The van der Waals surface area contributed by atoms with E-state index in [2.05, 4.69) is 10.5 Å². The van der Waals surface area contributed by atoms with Crippen molar-refractivity contribution in [3.05, 3.63) is 59.9 Å². The number of rotatable bonds is 6. The van der Waals surface area contributed by atoms with Crippen molar-refractivity contribution in [3.8, 4) is 22.8 Å². The Hall–Kier alpha value is -2.93. The molecule has 3 aromatic rings. The smallest absolute Gasteiger partial charge is 0.237 e. The number of ether oxygens (including phenoxy) is 2. The Balaban J connectivity index is 1.32. The molecule has 0 saturated carbocycles. The number of carbonyl (C=O) groups excluding carboxylic acids is 1. The van der Waals surface area contributed by atoms with Crippen LogP contribution in [0.4, 0.5) is 5.69 Å². The van der Waals surface area contributed by atoms with Gasteiger partial charge in [0.2, 0.25) is 5.91 Å². The molecule has 1 aliphatic rings. The van der Waals surface area contributed by atoms with E-state index < -0.39 is 0 Å². The summed E-state index contributed by atoms with van der Waals surface area (Å²) in [5.41, 5.74) is 3.70. The van der Waals surface area contributed by atoms with E-state index in [4.69, 9.17) is 14.0 Å². The zero-order valence-corrected chi connectivity index (χ0v) is 17.1. The van der Waals surface area contributed by atoms with Crippen LogP contribution in [0.5, 0.6) is 11.5 Å². The average molecular weight is 410 g/mol. The number of aromatic nitrogens is 1. The van der Waals surface area contributed by atoms with Crippen molar-refractivity contribution in [1.82, 2.24) is 5.16 Å². The van der Waals surface area contributed by atoms with Gasteiger partial charge in [-0.1, -0.05) is 35.0 Å². The van der Waals surface area contributed by atoms with Crippen molar-refractivity contribution in [2.75, 3.05) is 18.5 Å². The topological polar surface area (TPSA) is 73.6 Å². The van der Waals surface area contributed by atoms with Crippen molar-refractivity contribution in [2.24, 2.45) is 0 Å². The summed E-state index contributed by atoms with van der Waals surface area (Å²) in [6, 6.07) is 15.5. The third-order valence-corrected chi connectivity index (χ3v) is 5.73. The van der Waals surface area contributed by atoms with Gasteiger partial charge in [-0.2, -0.15) is 0 Å². The Morgan fingerprint density at radius 2 is 1.86 bits per heavy atom. The number of anilines is 1. The fraction of sp³-hybridized carbons (Fsp3) is 0.273. The van der Waals surface area contributed by atoms with Gasteiger partial charge in [0.25, 0.3) is 0 Å². The summed E-state index contributed by atoms with van der Waals surface area (Å²) < 4.78 is 16.5. The molecule has 0 bridgehead atoms. The predicted molar refractivity (Wildman–Crippen MR) is 113 cm³/mol. The average Bonchev–Trinajstić information content (AvgIpc) is 3.21. The molecule has 1 unspecified atom stereocenters. The van der Waals surface area contributed by atoms with Gasteiger partial charge >= 0.3 is 0 Å². The second kappa shape index (κ2) is 8.61. The van der Waals surface area contributed by atoms with E-state index in [9.17, 15) is 4.79 Å². The third kappa shape index (κ3) is 4.74. The maximum Gasteiger partial charge on any atom is 0.237 e. The van der Waals surface area contributed by atoms with Gasteiger partial charge in [-0.25, -0.2) is 0 Å². The molecular weight excluding hydrogens is 388 g/mol. The molecule has 1 aromatic heterocycles. The van der Waals surface area contributed by atoms with Gasteiger partial charge in [0.1, 0.15) is 24.7 Å². The molecule has 0 saturated heterocycles. The summed E-state index contributed by atoms with van der Waals surface area (Å²) in [4.78, 5) is 12.5. The lowest BCUT2D eigenvalue weighted by molar-refractivity contribution is -0.115. The Bertz CT molecular complexity index is 1000. The predicted octanol–water partition coefficient (Wildman–Crippen LogP) is 4.68. The highest BCUT2D eigenvalue weighted by molar-refractivity contribution is 7.99. The second-order valence-corrected chi connectivity index (χ2v) is 8.17. The number of benzene rings is 2. The lowest BCUT2D eigenvalue weighted by Gasteiger charge is -2.19. The number of carbonyl (C=O) groups is 1. The zero-order valence-electron chi connectivity index (χ0n) is 16.3. The molecule has 2 heterocycles. The van der Waals surface area contributed by atoms with Crippen LogP contribution in [0.1, 0.15) is 18.2 Å². The molecular formula is C22H22N2O4S. The van der Waals surface area contributed by atoms with Crippen molar-refractivity contribution in [3.63, 3.8) is 0 Å². The van der Waals surface area contributed by atoms with Crippen LogP contribution in [0.3, 0.4) is 0 Å². The summed E-state index contributed by atoms with van der Waals surface area (Å²) in [7, 11) is 0. The molecule has 6 nitrogen and oxygen atoms in total. The SMILES string of the molecule is Cc1ccc(-c2cc(CSC(C)C(=O)Nc3ccc4c(c3)OCCO4)on2)cc1. The van der Waals surface area contributed by atoms with E-state index in [0.717, 1.165) is 17.0 Å². The lowest BCUT2D eigenvalue weighted by atomic mass is 10.1. The highest BCUT2D eigenvalue weighted by Gasteiger charge is 2.17. The molecule has 0 aliphatic carbocycles. The van der Waals surface area contributed by atoms with Gasteiger partial charge in [0, 0.05) is 23.4 Å². The first-order valence-corrected chi connectivity index (χ1v) is 10.5. The maximum atomic E-state index is 12.5. The standard InChI is InChI=1S/C22H22N2O4S/c1-14-3-5-16(6-4-14)19-12-18(28-24-19)13-29-15(2)22(25)23-17-7-8-20-21(11-17)27-10-9-26-20/h3-8,11-12,15H,9-10,13H2,1-2H3,(H,23,25). The third-order valence-electron chi connectivity index (χ3n) is 4.56. The van der Waals surface area contributed by atoms with Gasteiger partial charge < -0.3 is 19.3 Å². The maximum absolute atomic E-state index is 12.5. The highest BCUT2D eigenvalue weighted by Crippen LogP contribution is 2.33. The molecule has 29 heavy (non-hydrogen) atoms. The minimum absolute atomic E-state index is 0.0787. The van der Waals surface area contributed by atoms with Gasteiger partial charge in [0.15, 0.2) is 11.5 Å². The molecule has 2 aromatic carbocycles. The van der Waals surface area contributed by atoms with Gasteiger partial charge in [-0.15, -0.1) is 11.8 Å². The number of aryl methyl sites for hydroxylation is 1. The van der Waals surface area contributed by atoms with Gasteiger partial charge in [-0.05, 0) is 26.0 Å². The van der Waals surface area contributed by atoms with Crippen LogP contribution in [0.25, 0.3) is 11.3 Å². The van der Waals surface area contributed by atoms with Crippen LogP contribution >= 0.6 is 11.8 Å². The van der Waals surface area contributed by atoms with E-state index in [1.165, 1.54) is 17.3 Å². The number of nitrogens with one attached hydrogen (secondary N) is 1. The van der Waals surface area contributed by atoms with E-state index >= 15 is 0 Å². The normalized spacial score (nSPS) is 13.7. The van der Waals surface area contributed by atoms with Crippen LogP contribution in [0.2, 0.25) is 0 Å². The summed E-state index contributed by atoms with van der Waals surface area (Å²) in [6.07, 6.45) is 0. The van der Waals surface area contributed by atoms with Crippen molar-refractivity contribution in [2.45, 2.75) is 24.9 Å². The van der Waals surface area contributed by atoms with Crippen LogP contribution in [-0.2, 0) is 10.5 Å². The largest absolute Gasteiger partial charge is 0.486 e. The Morgan fingerprint density at radius 3 is 2.66 bits per heavy atom. The molecule has 150 valence electrons. The fourth-order valence-corrected chi connectivity index (χ4v) is 3.65. The van der Waals surface area contributed by atoms with E-state index in [1.54, 1.807) is 6.07 Å². The van der Waals surface area contributed by atoms with E-state index in [0.29, 0.717) is 36.2 Å². The molecule has 0 radical (unpaired) electrons. The molecule has 0 fully saturated rings. The first kappa shape index (κ1) is 19.4. The number of hydrogen-bond acceptors (Lipinski definition) is 6. The highest BCUT2D eigenvalue weighted by atomic mass is 32.2. The van der Waals surface area contributed by atoms with Crippen molar-refractivity contribution >= 4 is 23.4 Å². The monoisotopic (exact) mass is 410 g/mol. The van der Waals surface area contributed by atoms with Gasteiger partial charge in [-0.3, -0.25) is 4.79 Å². The van der Waals surface area contributed by atoms with E-state index in [-0.39, 0.29) is 11.2 Å². The summed E-state index contributed by atoms with van der Waals surface area (Å²) in [6.45, 7) is 4.97. The molecule has 0 spiro atoms. The molecule has 1 N–H and O–H groups in total. The second-order valence-electron chi connectivity index (χ2n) is 6.85. The van der Waals surface area contributed by atoms with Crippen LogP contribution < -0.4 is 14.8 Å². The first-order chi connectivity index (χ1) is 14.1. The summed E-state index contributed by atoms with van der Waals surface area (Å²) in [5.74, 6) is 2.58. The fourth-order valence-electron chi connectivity index (χ4n) is 2.89. The minimum atomic E-state index is -0.254. The molecule has 1 aliphatic heterocycles. The summed E-state index contributed by atoms with van der Waals surface area (Å²) in [5, 5.41) is 6.80. The number of fused-ring (bicyclic) bond motifs is 1. The zero-order chi connectivity index (χ0) is 20.2. The van der Waals surface area contributed by atoms with Crippen LogP contribution in [0, 0.1) is 6.92 Å². The number of thioether (sulfide) groups is 1. The molecule has 4 rings (SSSR count). The molecule has 1 atom stereocenters. The molecule has 1 amide bonds. The Labute approximate surface area is 173 Å². The number of nitrogens with zero attached hydrogens (tertiary/aromatic N) is 1. The Kier molecular flexibility index (Phi) is 5.76. The van der Waals surface area contributed by atoms with E-state index in [1.807, 2.05) is 56.3 Å². The van der Waals surface area contributed by atoms with Crippen molar-refractivity contribution in [1.29, 1.82) is 0 Å². The van der Waals surface area contributed by atoms with Crippen LogP contribution in [-0.4, -0.2) is 29.5 Å². The quantitative estimate of drug-likeness (QED) is 0.636. The summed E-state index contributed by atoms with van der Waals surface area (Å²) >= 11 is 1.49. The first-order valence-electron chi connectivity index (χ1n) is 9.43. The Morgan fingerprint density at radius 1 is 1.10 bits per heavy atom. The number of amides is 1. The van der Waals surface area contributed by atoms with Crippen LogP contribution in [0.15, 0.2) is 53.1 Å². The van der Waals surface area contributed by atoms with Gasteiger partial charge in [0.05, 0.1) is 11.0 Å². The minimum Gasteiger partial charge on any atom is -0.486 e.